The summed E-state index contributed by atoms with van der Waals surface area (Å²) >= 11 is 0. The molecular weight excluding hydrogens is 305 g/mol. The van der Waals surface area contributed by atoms with Crippen molar-refractivity contribution in [2.24, 2.45) is 5.73 Å². The van der Waals surface area contributed by atoms with E-state index < -0.39 is 41.0 Å². The number of carbonyl (C=O) groups is 2. The third kappa shape index (κ3) is 3.14. The standard InChI is InChI=1S/C8H10N3O7S.Na/c9-7(13)6-4(3-12)1-5-2-10(6)8(14)11(5)18-19(15,16)17;/h1,5-6H,2-3H2,(H2,9,13)(H,15,16,17);/q-1;+1/t5-,6+;/m1./s1. The summed E-state index contributed by atoms with van der Waals surface area (Å²) in [7, 11) is -4.89. The second-order valence-electron chi connectivity index (χ2n) is 4.02. The number of carbonyl (C=O) groups excluding carboxylic acids is 2. The summed E-state index contributed by atoms with van der Waals surface area (Å²) < 4.78 is 34.0. The number of hydrogen-bond donors (Lipinski definition) is 2. The van der Waals surface area contributed by atoms with Gasteiger partial charge in [0.25, 0.3) is 0 Å². The molecule has 0 unspecified atom stereocenters. The fourth-order valence-corrected chi connectivity index (χ4v) is 2.53. The van der Waals surface area contributed by atoms with Gasteiger partial charge in [0, 0.05) is 0 Å². The first-order valence-electron chi connectivity index (χ1n) is 5.09. The molecule has 2 aliphatic rings. The minimum absolute atomic E-state index is 0. The van der Waals surface area contributed by atoms with Crippen LogP contribution in [0, 0.1) is 0 Å². The van der Waals surface area contributed by atoms with Crippen LogP contribution in [0.25, 0.3) is 0 Å². The third-order valence-corrected chi connectivity index (χ3v) is 3.15. The molecule has 2 bridgehead atoms. The van der Waals surface area contributed by atoms with Gasteiger partial charge in [-0.1, -0.05) is 11.6 Å². The Balaban J connectivity index is 0.00000200. The van der Waals surface area contributed by atoms with Crippen molar-refractivity contribution in [1.82, 2.24) is 9.96 Å². The Kier molecular flexibility index (Phi) is 5.18. The Morgan fingerprint density at radius 1 is 1.60 bits per heavy atom. The van der Waals surface area contributed by atoms with Gasteiger partial charge in [0.1, 0.15) is 6.04 Å². The molecule has 2 rings (SSSR count). The predicted molar refractivity (Wildman–Crippen MR) is 56.3 cm³/mol. The zero-order valence-corrected chi connectivity index (χ0v) is 13.2. The van der Waals surface area contributed by atoms with E-state index in [1.165, 1.54) is 6.08 Å². The number of primary amides is 1. The number of amides is 3. The van der Waals surface area contributed by atoms with Crippen molar-refractivity contribution < 1.29 is 61.5 Å². The van der Waals surface area contributed by atoms with E-state index >= 15 is 0 Å². The van der Waals surface area contributed by atoms with Crippen LogP contribution >= 0.6 is 0 Å². The van der Waals surface area contributed by atoms with Crippen LogP contribution in [0.15, 0.2) is 11.6 Å². The fraction of sp³-hybridized carbons (Fsp3) is 0.500. The molecule has 2 atom stereocenters. The zero-order chi connectivity index (χ0) is 14.4. The summed E-state index contributed by atoms with van der Waals surface area (Å²) in [6.07, 6.45) is 1.25. The van der Waals surface area contributed by atoms with Crippen LogP contribution in [0.1, 0.15) is 0 Å². The number of urea groups is 1. The van der Waals surface area contributed by atoms with Gasteiger partial charge < -0.3 is 15.7 Å². The van der Waals surface area contributed by atoms with E-state index in [4.69, 9.17) is 10.3 Å². The second-order valence-corrected chi connectivity index (χ2v) is 5.03. The van der Waals surface area contributed by atoms with Crippen LogP contribution in [-0.4, -0.2) is 60.1 Å². The molecule has 3 amide bonds. The van der Waals surface area contributed by atoms with Crippen LogP contribution in [-0.2, 0) is 19.5 Å². The molecule has 106 valence electrons. The molecule has 20 heavy (non-hydrogen) atoms. The minimum Gasteiger partial charge on any atom is -0.851 e. The summed E-state index contributed by atoms with van der Waals surface area (Å²) in [6, 6.07) is -3.07. The molecule has 1 fully saturated rings. The van der Waals surface area contributed by atoms with Crippen molar-refractivity contribution in [2.75, 3.05) is 13.2 Å². The van der Waals surface area contributed by atoms with E-state index in [0.717, 1.165) is 4.90 Å². The summed E-state index contributed by atoms with van der Waals surface area (Å²) in [5.74, 6) is -0.900. The molecular formula is C8H10N3NaO7S. The first kappa shape index (κ1) is 17.4. The van der Waals surface area contributed by atoms with Crippen molar-refractivity contribution in [3.63, 3.8) is 0 Å². The number of fused-ring (bicyclic) bond motifs is 2. The molecule has 0 aliphatic carbocycles. The minimum atomic E-state index is -4.89. The Labute approximate surface area is 136 Å². The van der Waals surface area contributed by atoms with Gasteiger partial charge in [-0.15, -0.1) is 10.9 Å². The fourth-order valence-electron chi connectivity index (χ4n) is 2.15. The summed E-state index contributed by atoms with van der Waals surface area (Å²) in [6.45, 7) is -0.834. The average molecular weight is 315 g/mol. The molecule has 1 saturated heterocycles. The van der Waals surface area contributed by atoms with Gasteiger partial charge in [0.2, 0.25) is 5.91 Å². The summed E-state index contributed by atoms with van der Waals surface area (Å²) in [5, 5.41) is 11.4. The third-order valence-electron chi connectivity index (χ3n) is 2.80. The van der Waals surface area contributed by atoms with Crippen LogP contribution in [0.4, 0.5) is 4.79 Å². The van der Waals surface area contributed by atoms with E-state index in [9.17, 15) is 23.1 Å². The molecule has 0 aromatic heterocycles. The van der Waals surface area contributed by atoms with Crippen molar-refractivity contribution in [1.29, 1.82) is 0 Å². The quantitative estimate of drug-likeness (QED) is 0.297. The number of hydrogen-bond acceptors (Lipinski definition) is 6. The number of nitrogens with two attached hydrogens (primary N) is 1. The number of nitrogens with zero attached hydrogens (tertiary/aromatic N) is 2. The number of rotatable bonds is 4. The average Bonchev–Trinajstić information content (AvgIpc) is 2.52. The molecule has 2 aliphatic heterocycles. The second kappa shape index (κ2) is 5.97. The molecule has 0 aromatic rings. The predicted octanol–water partition coefficient (Wildman–Crippen LogP) is -6.01. The van der Waals surface area contributed by atoms with Crippen LogP contribution in [0.3, 0.4) is 0 Å². The van der Waals surface area contributed by atoms with E-state index in [0.29, 0.717) is 5.06 Å². The van der Waals surface area contributed by atoms with E-state index in [-0.39, 0.29) is 41.7 Å². The Bertz CT molecular complexity index is 562. The molecule has 10 nitrogen and oxygen atoms in total. The van der Waals surface area contributed by atoms with Crippen LogP contribution in [0.2, 0.25) is 0 Å². The SMILES string of the molecule is NC(=O)[C@@H]1C(C[O-])=C[C@@H]2CN1C(=O)N2OS(=O)(=O)O.[Na+]. The maximum Gasteiger partial charge on any atom is 1.00 e. The van der Waals surface area contributed by atoms with Gasteiger partial charge in [-0.2, -0.15) is 13.5 Å². The monoisotopic (exact) mass is 315 g/mol. The summed E-state index contributed by atoms with van der Waals surface area (Å²) in [4.78, 5) is 24.0. The normalized spacial score (nSPS) is 25.3. The maximum atomic E-state index is 11.8. The Morgan fingerprint density at radius 3 is 2.65 bits per heavy atom. The Hall–Kier alpha value is -0.690. The van der Waals surface area contributed by atoms with Crippen molar-refractivity contribution in [2.45, 2.75) is 12.1 Å². The first-order valence-corrected chi connectivity index (χ1v) is 6.46. The molecule has 12 heteroatoms. The summed E-state index contributed by atoms with van der Waals surface area (Å²) in [5.41, 5.74) is 5.17. The smallest absolute Gasteiger partial charge is 0.851 e. The molecule has 0 radical (unpaired) electrons. The van der Waals surface area contributed by atoms with Gasteiger partial charge in [0.05, 0.1) is 12.6 Å². The first-order chi connectivity index (χ1) is 8.74. The molecule has 0 saturated carbocycles. The van der Waals surface area contributed by atoms with Gasteiger partial charge in [0.15, 0.2) is 0 Å². The molecule has 2 heterocycles. The van der Waals surface area contributed by atoms with Crippen molar-refractivity contribution in [3.8, 4) is 0 Å². The van der Waals surface area contributed by atoms with Gasteiger partial charge in [-0.3, -0.25) is 9.35 Å². The topological polar surface area (TPSA) is 153 Å². The van der Waals surface area contributed by atoms with Crippen LogP contribution < -0.4 is 40.4 Å². The number of hydroxylamine groups is 2. The maximum absolute atomic E-state index is 11.8. The van der Waals surface area contributed by atoms with Gasteiger partial charge in [-0.05, 0) is 0 Å². The molecule has 0 aromatic carbocycles. The largest absolute Gasteiger partial charge is 1.00 e. The van der Waals surface area contributed by atoms with Gasteiger partial charge in [-0.25, -0.2) is 4.79 Å². The van der Waals surface area contributed by atoms with Crippen molar-refractivity contribution in [3.05, 3.63) is 11.6 Å². The van der Waals surface area contributed by atoms with E-state index in [1.54, 1.807) is 0 Å². The van der Waals surface area contributed by atoms with Gasteiger partial charge >= 0.3 is 46.0 Å². The zero-order valence-electron chi connectivity index (χ0n) is 10.4. The van der Waals surface area contributed by atoms with E-state index in [2.05, 4.69) is 4.28 Å². The molecule has 3 N–H and O–H groups in total. The molecule has 0 spiro atoms. The van der Waals surface area contributed by atoms with Crippen LogP contribution in [0.5, 0.6) is 0 Å². The Morgan fingerprint density at radius 2 is 2.20 bits per heavy atom. The van der Waals surface area contributed by atoms with E-state index in [1.807, 2.05) is 0 Å². The van der Waals surface area contributed by atoms with Crippen molar-refractivity contribution >= 4 is 22.3 Å².